The summed E-state index contributed by atoms with van der Waals surface area (Å²) in [4.78, 5) is 2.38. The highest BCUT2D eigenvalue weighted by Gasteiger charge is 2.21. The van der Waals surface area contributed by atoms with E-state index in [0.29, 0.717) is 5.92 Å². The minimum Gasteiger partial charge on any atom is -0.393 e. The van der Waals surface area contributed by atoms with Crippen molar-refractivity contribution in [3.8, 4) is 0 Å². The Balaban J connectivity index is 1.43. The van der Waals surface area contributed by atoms with E-state index in [9.17, 15) is 5.11 Å². The van der Waals surface area contributed by atoms with E-state index in [4.69, 9.17) is 4.74 Å². The molecule has 1 aliphatic heterocycles. The van der Waals surface area contributed by atoms with Crippen molar-refractivity contribution in [2.75, 3.05) is 37.7 Å². The Hall–Kier alpha value is -1.10. The summed E-state index contributed by atoms with van der Waals surface area (Å²) < 4.78 is 5.38. The minimum absolute atomic E-state index is 0.0652. The number of anilines is 1. The lowest BCUT2D eigenvalue weighted by molar-refractivity contribution is 0.122. The van der Waals surface area contributed by atoms with E-state index < -0.39 is 0 Å². The summed E-state index contributed by atoms with van der Waals surface area (Å²) in [6.45, 7) is 5.56. The van der Waals surface area contributed by atoms with Gasteiger partial charge in [0.25, 0.3) is 0 Å². The molecule has 2 fully saturated rings. The van der Waals surface area contributed by atoms with Crippen LogP contribution in [0.5, 0.6) is 0 Å². The summed E-state index contributed by atoms with van der Waals surface area (Å²) in [5.41, 5.74) is 2.62. The summed E-state index contributed by atoms with van der Waals surface area (Å²) in [6.07, 6.45) is 3.03. The molecule has 0 radical (unpaired) electrons. The van der Waals surface area contributed by atoms with Gasteiger partial charge < -0.3 is 20.1 Å². The number of ether oxygens (including phenoxy) is 1. The maximum atomic E-state index is 9.53. The summed E-state index contributed by atoms with van der Waals surface area (Å²) in [5, 5.41) is 13.0. The molecule has 0 aromatic heterocycles. The molecule has 1 aromatic rings. The Labute approximate surface area is 127 Å². The zero-order valence-corrected chi connectivity index (χ0v) is 12.6. The fraction of sp³-hybridized carbons (Fsp3) is 0.647. The standard InChI is InChI=1S/C17H26N2O2/c20-17-6-3-15(11-17)13-18-12-14-1-4-16(5-2-14)19-7-9-21-10-8-19/h1-2,4-5,15,17-18,20H,3,6-13H2. The number of rotatable bonds is 5. The normalized spacial score (nSPS) is 26.2. The predicted molar refractivity (Wildman–Crippen MR) is 84.5 cm³/mol. The van der Waals surface area contributed by atoms with Gasteiger partial charge in [0.2, 0.25) is 0 Å². The highest BCUT2D eigenvalue weighted by atomic mass is 16.5. The second-order valence-corrected chi connectivity index (χ2v) is 6.23. The first-order chi connectivity index (χ1) is 10.3. The van der Waals surface area contributed by atoms with Gasteiger partial charge in [-0.15, -0.1) is 0 Å². The fourth-order valence-electron chi connectivity index (χ4n) is 3.30. The average Bonchev–Trinajstić information content (AvgIpc) is 2.94. The molecule has 2 unspecified atom stereocenters. The lowest BCUT2D eigenvalue weighted by atomic mass is 10.1. The monoisotopic (exact) mass is 290 g/mol. The third-order valence-corrected chi connectivity index (χ3v) is 4.59. The molecule has 0 amide bonds. The van der Waals surface area contributed by atoms with Crippen LogP contribution in [0.4, 0.5) is 5.69 Å². The number of hydrogen-bond acceptors (Lipinski definition) is 4. The molecule has 2 N–H and O–H groups in total. The first-order valence-electron chi connectivity index (χ1n) is 8.11. The number of aliphatic hydroxyl groups is 1. The molecule has 2 atom stereocenters. The topological polar surface area (TPSA) is 44.7 Å². The van der Waals surface area contributed by atoms with Crippen LogP contribution in [0.15, 0.2) is 24.3 Å². The highest BCUT2D eigenvalue weighted by Crippen LogP contribution is 2.24. The second kappa shape index (κ2) is 7.25. The van der Waals surface area contributed by atoms with Gasteiger partial charge in [-0.1, -0.05) is 12.1 Å². The van der Waals surface area contributed by atoms with Crippen molar-refractivity contribution >= 4 is 5.69 Å². The summed E-state index contributed by atoms with van der Waals surface area (Å²) >= 11 is 0. The molecule has 1 saturated heterocycles. The van der Waals surface area contributed by atoms with Gasteiger partial charge >= 0.3 is 0 Å². The molecule has 4 nitrogen and oxygen atoms in total. The smallest absolute Gasteiger partial charge is 0.0642 e. The van der Waals surface area contributed by atoms with Crippen LogP contribution in [0.1, 0.15) is 24.8 Å². The summed E-state index contributed by atoms with van der Waals surface area (Å²) in [6, 6.07) is 8.84. The van der Waals surface area contributed by atoms with Crippen LogP contribution in [0.3, 0.4) is 0 Å². The number of hydrogen-bond donors (Lipinski definition) is 2. The van der Waals surface area contributed by atoms with E-state index in [0.717, 1.165) is 58.7 Å². The zero-order chi connectivity index (χ0) is 14.5. The third kappa shape index (κ3) is 4.19. The minimum atomic E-state index is -0.0652. The molecule has 4 heteroatoms. The van der Waals surface area contributed by atoms with E-state index in [1.54, 1.807) is 0 Å². The molecule has 2 aliphatic rings. The number of nitrogens with zero attached hydrogens (tertiary/aromatic N) is 1. The Morgan fingerprint density at radius 2 is 1.90 bits per heavy atom. The maximum absolute atomic E-state index is 9.53. The van der Waals surface area contributed by atoms with Crippen LogP contribution in [-0.4, -0.2) is 44.1 Å². The van der Waals surface area contributed by atoms with Crippen molar-refractivity contribution in [1.82, 2.24) is 5.32 Å². The van der Waals surface area contributed by atoms with Crippen LogP contribution in [0.25, 0.3) is 0 Å². The van der Waals surface area contributed by atoms with Crippen molar-refractivity contribution in [1.29, 1.82) is 0 Å². The Morgan fingerprint density at radius 3 is 2.57 bits per heavy atom. The molecule has 0 spiro atoms. The Kier molecular flexibility index (Phi) is 5.12. The van der Waals surface area contributed by atoms with E-state index in [-0.39, 0.29) is 6.10 Å². The van der Waals surface area contributed by atoms with Gasteiger partial charge in [0.05, 0.1) is 19.3 Å². The molecule has 1 aromatic carbocycles. The van der Waals surface area contributed by atoms with Crippen molar-refractivity contribution in [3.63, 3.8) is 0 Å². The molecule has 3 rings (SSSR count). The molecular weight excluding hydrogens is 264 g/mol. The van der Waals surface area contributed by atoms with Crippen molar-refractivity contribution in [2.45, 2.75) is 31.9 Å². The predicted octanol–water partition coefficient (Wildman–Crippen LogP) is 1.77. The van der Waals surface area contributed by atoms with Gasteiger partial charge in [0.15, 0.2) is 0 Å². The fourth-order valence-corrected chi connectivity index (χ4v) is 3.30. The van der Waals surface area contributed by atoms with Crippen LogP contribution in [-0.2, 0) is 11.3 Å². The van der Waals surface area contributed by atoms with Gasteiger partial charge in [-0.3, -0.25) is 0 Å². The summed E-state index contributed by atoms with van der Waals surface area (Å²) in [5.74, 6) is 0.646. The van der Waals surface area contributed by atoms with Crippen molar-refractivity contribution in [3.05, 3.63) is 29.8 Å². The molecule has 0 bridgehead atoms. The largest absolute Gasteiger partial charge is 0.393 e. The lowest BCUT2D eigenvalue weighted by Crippen LogP contribution is -2.36. The van der Waals surface area contributed by atoms with Gasteiger partial charge in [-0.2, -0.15) is 0 Å². The molecule has 21 heavy (non-hydrogen) atoms. The van der Waals surface area contributed by atoms with Crippen LogP contribution >= 0.6 is 0 Å². The molecule has 1 heterocycles. The summed E-state index contributed by atoms with van der Waals surface area (Å²) in [7, 11) is 0. The van der Waals surface area contributed by atoms with E-state index in [1.807, 2.05) is 0 Å². The quantitative estimate of drug-likeness (QED) is 0.867. The number of aliphatic hydroxyl groups excluding tert-OH is 1. The number of benzene rings is 1. The first-order valence-corrected chi connectivity index (χ1v) is 8.11. The Bertz CT molecular complexity index is 429. The Morgan fingerprint density at radius 1 is 1.14 bits per heavy atom. The van der Waals surface area contributed by atoms with Crippen LogP contribution in [0.2, 0.25) is 0 Å². The molecule has 116 valence electrons. The number of morpholine rings is 1. The second-order valence-electron chi connectivity index (χ2n) is 6.23. The van der Waals surface area contributed by atoms with E-state index in [1.165, 1.54) is 11.3 Å². The average molecular weight is 290 g/mol. The SMILES string of the molecule is OC1CCC(CNCc2ccc(N3CCOCC3)cc2)C1. The van der Waals surface area contributed by atoms with Gasteiger partial charge in [-0.25, -0.2) is 0 Å². The maximum Gasteiger partial charge on any atom is 0.0642 e. The van der Waals surface area contributed by atoms with Gasteiger partial charge in [0.1, 0.15) is 0 Å². The van der Waals surface area contributed by atoms with Gasteiger partial charge in [-0.05, 0) is 49.4 Å². The van der Waals surface area contributed by atoms with Crippen molar-refractivity contribution in [2.24, 2.45) is 5.92 Å². The lowest BCUT2D eigenvalue weighted by Gasteiger charge is -2.28. The number of nitrogens with one attached hydrogen (secondary N) is 1. The van der Waals surface area contributed by atoms with Crippen LogP contribution in [0, 0.1) is 5.92 Å². The van der Waals surface area contributed by atoms with E-state index >= 15 is 0 Å². The van der Waals surface area contributed by atoms with Crippen LogP contribution < -0.4 is 10.2 Å². The van der Waals surface area contributed by atoms with Gasteiger partial charge in [0, 0.05) is 25.3 Å². The first kappa shape index (κ1) is 14.8. The third-order valence-electron chi connectivity index (χ3n) is 4.59. The molecular formula is C17H26N2O2. The molecule has 1 saturated carbocycles. The van der Waals surface area contributed by atoms with Crippen molar-refractivity contribution < 1.29 is 9.84 Å². The van der Waals surface area contributed by atoms with E-state index in [2.05, 4.69) is 34.5 Å². The zero-order valence-electron chi connectivity index (χ0n) is 12.6. The highest BCUT2D eigenvalue weighted by molar-refractivity contribution is 5.47. The molecule has 1 aliphatic carbocycles.